The van der Waals surface area contributed by atoms with Gasteiger partial charge in [0.1, 0.15) is 12.1 Å². The summed E-state index contributed by atoms with van der Waals surface area (Å²) in [6.07, 6.45) is 1.53. The van der Waals surface area contributed by atoms with E-state index < -0.39 is 0 Å². The average Bonchev–Trinajstić information content (AvgIpc) is 2.92. The number of fused-ring (bicyclic) bond motifs is 1. The van der Waals surface area contributed by atoms with Gasteiger partial charge in [-0.25, -0.2) is 4.98 Å². The molecular formula is C15H18N6. The van der Waals surface area contributed by atoms with E-state index >= 15 is 0 Å². The lowest BCUT2D eigenvalue weighted by molar-refractivity contribution is 0.773. The summed E-state index contributed by atoms with van der Waals surface area (Å²) in [5.41, 5.74) is 8.73. The van der Waals surface area contributed by atoms with Crippen molar-refractivity contribution in [3.05, 3.63) is 47.9 Å². The number of nitrogen functional groups attached to an aromatic ring is 1. The van der Waals surface area contributed by atoms with E-state index in [-0.39, 0.29) is 0 Å². The van der Waals surface area contributed by atoms with Gasteiger partial charge in [-0.3, -0.25) is 0 Å². The van der Waals surface area contributed by atoms with E-state index in [1.54, 1.807) is 4.52 Å². The summed E-state index contributed by atoms with van der Waals surface area (Å²) in [5, 5.41) is 4.26. The molecule has 0 atom stereocenters. The van der Waals surface area contributed by atoms with Crippen molar-refractivity contribution in [2.75, 3.05) is 17.2 Å². The van der Waals surface area contributed by atoms with E-state index in [0.717, 1.165) is 30.3 Å². The van der Waals surface area contributed by atoms with Crippen LogP contribution < -0.4 is 10.6 Å². The number of anilines is 2. The molecule has 6 nitrogen and oxygen atoms in total. The van der Waals surface area contributed by atoms with Gasteiger partial charge in [-0.05, 0) is 31.5 Å². The molecule has 2 aromatic heterocycles. The molecule has 0 aliphatic heterocycles. The number of nitrogens with zero attached hydrogens (tertiary/aromatic N) is 5. The number of aromatic nitrogens is 4. The molecule has 3 rings (SSSR count). The molecule has 3 aromatic rings. The second kappa shape index (κ2) is 5.40. The van der Waals surface area contributed by atoms with E-state index in [2.05, 4.69) is 33.0 Å². The van der Waals surface area contributed by atoms with Gasteiger partial charge in [0.15, 0.2) is 0 Å². The van der Waals surface area contributed by atoms with Crippen LogP contribution in [0.15, 0.2) is 36.7 Å². The minimum Gasteiger partial charge on any atom is -0.399 e. The summed E-state index contributed by atoms with van der Waals surface area (Å²) in [7, 11) is 0. The maximum Gasteiger partial charge on any atom is 0.254 e. The zero-order chi connectivity index (χ0) is 14.8. The van der Waals surface area contributed by atoms with Crippen LogP contribution in [0, 0.1) is 6.92 Å². The van der Waals surface area contributed by atoms with Gasteiger partial charge in [-0.15, -0.1) is 0 Å². The molecule has 0 bridgehead atoms. The molecule has 1 aromatic carbocycles. The summed E-state index contributed by atoms with van der Waals surface area (Å²) in [5.74, 6) is 1.61. The molecule has 0 aliphatic carbocycles. The molecule has 0 saturated heterocycles. The predicted octanol–water partition coefficient (Wildman–Crippen LogP) is 2.04. The Labute approximate surface area is 123 Å². The maximum atomic E-state index is 5.86. The molecule has 0 spiro atoms. The first kappa shape index (κ1) is 13.4. The molecule has 0 amide bonds. The maximum absolute atomic E-state index is 5.86. The molecule has 0 radical (unpaired) electrons. The zero-order valence-corrected chi connectivity index (χ0v) is 12.2. The van der Waals surface area contributed by atoms with Crippen molar-refractivity contribution in [3.8, 4) is 0 Å². The van der Waals surface area contributed by atoms with Crippen molar-refractivity contribution in [1.29, 1.82) is 0 Å². The van der Waals surface area contributed by atoms with Crippen molar-refractivity contribution in [2.45, 2.75) is 20.4 Å². The first-order valence-corrected chi connectivity index (χ1v) is 6.94. The van der Waals surface area contributed by atoms with E-state index in [1.807, 2.05) is 31.2 Å². The van der Waals surface area contributed by atoms with Crippen LogP contribution in [-0.4, -0.2) is 26.1 Å². The lowest BCUT2D eigenvalue weighted by Gasteiger charge is -2.23. The third-order valence-electron chi connectivity index (χ3n) is 3.39. The van der Waals surface area contributed by atoms with Crippen LogP contribution in [0.2, 0.25) is 0 Å². The van der Waals surface area contributed by atoms with Crippen LogP contribution in [0.4, 0.5) is 11.5 Å². The Hall–Kier alpha value is -2.63. The molecule has 0 fully saturated rings. The van der Waals surface area contributed by atoms with Crippen LogP contribution in [0.3, 0.4) is 0 Å². The van der Waals surface area contributed by atoms with Gasteiger partial charge in [0.05, 0.1) is 0 Å². The van der Waals surface area contributed by atoms with Gasteiger partial charge in [0, 0.05) is 30.5 Å². The lowest BCUT2D eigenvalue weighted by Crippen LogP contribution is -2.25. The molecule has 6 heteroatoms. The number of hydrogen-bond donors (Lipinski definition) is 1. The SMILES string of the molecule is CCN(Cc1cccc(N)c1)c1cc(C)nc2ncnn12. The third-order valence-corrected chi connectivity index (χ3v) is 3.39. The minimum absolute atomic E-state index is 0.621. The third kappa shape index (κ3) is 2.65. The Bertz CT molecular complexity index is 764. The van der Waals surface area contributed by atoms with Crippen LogP contribution in [0.25, 0.3) is 5.78 Å². The molecule has 0 saturated carbocycles. The zero-order valence-electron chi connectivity index (χ0n) is 12.2. The highest BCUT2D eigenvalue weighted by Crippen LogP contribution is 2.19. The Kier molecular flexibility index (Phi) is 3.43. The van der Waals surface area contributed by atoms with Gasteiger partial charge in [-0.1, -0.05) is 12.1 Å². The number of benzene rings is 1. The summed E-state index contributed by atoms with van der Waals surface area (Å²) in [6, 6.07) is 9.96. The highest BCUT2D eigenvalue weighted by molar-refractivity contribution is 5.49. The van der Waals surface area contributed by atoms with Crippen molar-refractivity contribution < 1.29 is 0 Å². The summed E-state index contributed by atoms with van der Waals surface area (Å²) in [6.45, 7) is 5.70. The van der Waals surface area contributed by atoms with Gasteiger partial charge in [-0.2, -0.15) is 14.6 Å². The number of aryl methyl sites for hydroxylation is 1. The molecular weight excluding hydrogens is 264 g/mol. The Morgan fingerprint density at radius 1 is 1.29 bits per heavy atom. The van der Waals surface area contributed by atoms with E-state index in [1.165, 1.54) is 11.9 Å². The summed E-state index contributed by atoms with van der Waals surface area (Å²) in [4.78, 5) is 10.8. The Morgan fingerprint density at radius 2 is 2.14 bits per heavy atom. The number of hydrogen-bond acceptors (Lipinski definition) is 5. The predicted molar refractivity (Wildman–Crippen MR) is 83.1 cm³/mol. The molecule has 108 valence electrons. The van der Waals surface area contributed by atoms with E-state index in [9.17, 15) is 0 Å². The second-order valence-corrected chi connectivity index (χ2v) is 4.99. The van der Waals surface area contributed by atoms with Crippen LogP contribution >= 0.6 is 0 Å². The largest absolute Gasteiger partial charge is 0.399 e. The topological polar surface area (TPSA) is 72.3 Å². The molecule has 21 heavy (non-hydrogen) atoms. The normalized spacial score (nSPS) is 11.0. The standard InChI is InChI=1S/C15H18N6/c1-3-20(9-12-5-4-6-13(16)8-12)14-7-11(2)19-15-17-10-18-21(14)15/h4-8,10H,3,9,16H2,1-2H3. The highest BCUT2D eigenvalue weighted by Gasteiger charge is 2.12. The fourth-order valence-corrected chi connectivity index (χ4v) is 2.40. The molecule has 0 unspecified atom stereocenters. The first-order valence-electron chi connectivity index (χ1n) is 6.94. The molecule has 0 aliphatic rings. The van der Waals surface area contributed by atoms with E-state index in [0.29, 0.717) is 5.78 Å². The van der Waals surface area contributed by atoms with Crippen LogP contribution in [0.5, 0.6) is 0 Å². The summed E-state index contributed by atoms with van der Waals surface area (Å²) >= 11 is 0. The highest BCUT2D eigenvalue weighted by atomic mass is 15.4. The molecule has 2 heterocycles. The number of rotatable bonds is 4. The van der Waals surface area contributed by atoms with E-state index in [4.69, 9.17) is 5.73 Å². The fourth-order valence-electron chi connectivity index (χ4n) is 2.40. The smallest absolute Gasteiger partial charge is 0.254 e. The molecule has 2 N–H and O–H groups in total. The first-order chi connectivity index (χ1) is 10.2. The second-order valence-electron chi connectivity index (χ2n) is 4.99. The average molecular weight is 282 g/mol. The van der Waals surface area contributed by atoms with Crippen LogP contribution in [0.1, 0.15) is 18.2 Å². The monoisotopic (exact) mass is 282 g/mol. The number of nitrogens with two attached hydrogens (primary N) is 1. The minimum atomic E-state index is 0.621. The van der Waals surface area contributed by atoms with Gasteiger partial charge >= 0.3 is 0 Å². The van der Waals surface area contributed by atoms with Gasteiger partial charge < -0.3 is 10.6 Å². The van der Waals surface area contributed by atoms with Gasteiger partial charge in [0.2, 0.25) is 0 Å². The van der Waals surface area contributed by atoms with Crippen LogP contribution in [-0.2, 0) is 6.54 Å². The van der Waals surface area contributed by atoms with Gasteiger partial charge in [0.25, 0.3) is 5.78 Å². The Balaban J connectivity index is 2.00. The van der Waals surface area contributed by atoms with Crippen molar-refractivity contribution >= 4 is 17.3 Å². The Morgan fingerprint density at radius 3 is 2.90 bits per heavy atom. The quantitative estimate of drug-likeness (QED) is 0.741. The van der Waals surface area contributed by atoms with Crippen molar-refractivity contribution in [1.82, 2.24) is 19.6 Å². The fraction of sp³-hybridized carbons (Fsp3) is 0.267. The lowest BCUT2D eigenvalue weighted by atomic mass is 10.2. The van der Waals surface area contributed by atoms with Crippen molar-refractivity contribution in [3.63, 3.8) is 0 Å². The summed E-state index contributed by atoms with van der Waals surface area (Å²) < 4.78 is 1.77. The van der Waals surface area contributed by atoms with Crippen molar-refractivity contribution in [2.24, 2.45) is 0 Å².